The van der Waals surface area contributed by atoms with Gasteiger partial charge in [-0.25, -0.2) is 0 Å². The van der Waals surface area contributed by atoms with E-state index in [1.54, 1.807) is 0 Å². The van der Waals surface area contributed by atoms with E-state index >= 15 is 0 Å². The highest BCUT2D eigenvalue weighted by Gasteiger charge is 2.41. The van der Waals surface area contributed by atoms with Crippen LogP contribution in [-0.4, -0.2) is 34.6 Å². The van der Waals surface area contributed by atoms with E-state index in [0.717, 1.165) is 0 Å². The summed E-state index contributed by atoms with van der Waals surface area (Å²) in [5.74, 6) is -1.18. The van der Waals surface area contributed by atoms with Crippen LogP contribution in [0.2, 0.25) is 5.02 Å². The Balaban J connectivity index is 2.24. The normalized spacial score (nSPS) is 11.8. The van der Waals surface area contributed by atoms with E-state index in [4.69, 9.17) is 17.0 Å². The highest BCUT2D eigenvalue weighted by molar-refractivity contribution is 6.67. The lowest BCUT2D eigenvalue weighted by molar-refractivity contribution is -0.114. The maximum atomic E-state index is 13.1. The second-order valence-electron chi connectivity index (χ2n) is 5.40. The van der Waals surface area contributed by atoms with Crippen molar-refractivity contribution >= 4 is 34.6 Å². The fourth-order valence-electron chi connectivity index (χ4n) is 2.10. The van der Waals surface area contributed by atoms with E-state index in [2.05, 4.69) is 15.8 Å². The molecule has 0 bridgehead atoms. The minimum atomic E-state index is -4.99. The average molecular weight is 414 g/mol. The maximum Gasteiger partial charge on any atom is 0.437 e. The molecule has 2 rings (SSSR count). The first kappa shape index (κ1) is 21.2. The number of hydrogen-bond donors (Lipinski definition) is 3. The molecule has 2 aromatic rings. The molecule has 1 amide bonds. The van der Waals surface area contributed by atoms with Gasteiger partial charge in [0, 0.05) is 29.5 Å². The first-order chi connectivity index (χ1) is 13.1. The van der Waals surface area contributed by atoms with E-state index in [-0.39, 0.29) is 22.8 Å². The number of pyridine rings is 1. The lowest BCUT2D eigenvalue weighted by Crippen LogP contribution is -2.42. The molecule has 3 N–H and O–H groups in total. The van der Waals surface area contributed by atoms with Gasteiger partial charge in [-0.1, -0.05) is 11.6 Å². The smallest absolute Gasteiger partial charge is 0.351 e. The summed E-state index contributed by atoms with van der Waals surface area (Å²) in [6, 6.07) is 8.49. The minimum Gasteiger partial charge on any atom is -0.351 e. The third-order valence-corrected chi connectivity index (χ3v) is 3.63. The number of nitrogens with one attached hydrogen (secondary N) is 3. The lowest BCUT2D eigenvalue weighted by atomic mass is 10.2. The summed E-state index contributed by atoms with van der Waals surface area (Å²) in [5, 5.41) is 13.0. The zero-order valence-electron chi connectivity index (χ0n) is 14.5. The van der Waals surface area contributed by atoms with Crippen molar-refractivity contribution in [2.75, 3.05) is 12.0 Å². The third-order valence-electron chi connectivity index (χ3n) is 3.39. The number of amides is 1. The number of anilines is 1. The highest BCUT2D eigenvalue weighted by atomic mass is 35.5. The van der Waals surface area contributed by atoms with Crippen LogP contribution >= 0.6 is 11.6 Å². The summed E-state index contributed by atoms with van der Waals surface area (Å²) in [4.78, 5) is 23.4. The van der Waals surface area contributed by atoms with Crippen molar-refractivity contribution in [1.82, 2.24) is 9.88 Å². The fourth-order valence-corrected chi connectivity index (χ4v) is 2.25. The number of carbonyl (C=O) groups excluding carboxylic acids is 1. The Morgan fingerprint density at radius 1 is 1.25 bits per heavy atom. The van der Waals surface area contributed by atoms with E-state index in [1.165, 1.54) is 54.1 Å². The van der Waals surface area contributed by atoms with Gasteiger partial charge in [0.15, 0.2) is 11.4 Å². The van der Waals surface area contributed by atoms with Gasteiger partial charge in [-0.3, -0.25) is 25.0 Å². The molecule has 1 heterocycles. The van der Waals surface area contributed by atoms with Crippen LogP contribution in [0.3, 0.4) is 0 Å². The summed E-state index contributed by atoms with van der Waals surface area (Å²) >= 11 is 5.73. The molecule has 0 atom stereocenters. The Morgan fingerprint density at radius 3 is 2.43 bits per heavy atom. The van der Waals surface area contributed by atoms with E-state index in [1.807, 2.05) is 0 Å². The van der Waals surface area contributed by atoms with Crippen molar-refractivity contribution in [3.8, 4) is 5.69 Å². The largest absolute Gasteiger partial charge is 0.437 e. The van der Waals surface area contributed by atoms with E-state index in [0.29, 0.717) is 5.69 Å². The lowest BCUT2D eigenvalue weighted by Gasteiger charge is -2.12. The van der Waals surface area contributed by atoms with Gasteiger partial charge in [0.25, 0.3) is 11.5 Å². The molecule has 0 aliphatic carbocycles. The molecule has 28 heavy (non-hydrogen) atoms. The predicted molar refractivity (Wildman–Crippen MR) is 101 cm³/mol. The molecular weight excluding hydrogens is 399 g/mol. The zero-order chi connectivity index (χ0) is 20.9. The number of rotatable bonds is 6. The van der Waals surface area contributed by atoms with Crippen LogP contribution in [0.1, 0.15) is 6.92 Å². The number of hydrazone groups is 1. The van der Waals surface area contributed by atoms with Crippen molar-refractivity contribution in [2.24, 2.45) is 5.10 Å². The van der Waals surface area contributed by atoms with Crippen LogP contribution in [0.25, 0.3) is 5.69 Å². The minimum absolute atomic E-state index is 0.0747. The third kappa shape index (κ3) is 5.19. The Bertz CT molecular complexity index is 968. The Morgan fingerprint density at radius 2 is 1.89 bits per heavy atom. The van der Waals surface area contributed by atoms with Crippen molar-refractivity contribution in [1.29, 1.82) is 5.41 Å². The second-order valence-corrected chi connectivity index (χ2v) is 5.84. The number of benzene rings is 1. The van der Waals surface area contributed by atoms with E-state index in [9.17, 15) is 22.8 Å². The van der Waals surface area contributed by atoms with Crippen LogP contribution in [-0.2, 0) is 4.79 Å². The summed E-state index contributed by atoms with van der Waals surface area (Å²) in [6.45, 7) is 1.59. The quantitative estimate of drug-likeness (QED) is 0.501. The Labute approximate surface area is 162 Å². The van der Waals surface area contributed by atoms with Crippen LogP contribution in [0.4, 0.5) is 18.9 Å². The molecule has 0 saturated carbocycles. The second kappa shape index (κ2) is 8.70. The molecule has 148 valence electrons. The molecule has 0 spiro atoms. The summed E-state index contributed by atoms with van der Waals surface area (Å²) in [6.07, 6.45) is -3.54. The molecule has 1 aromatic carbocycles. The standard InChI is InChI=1S/C17H15ClF3N5O2/c1-2-23-16(28)14(22)15(17(19,20)21)25-24-11-3-5-12(6-4-11)26-8-7-10(18)9-13(26)27/h3-9,22,24H,2H2,1H3,(H,23,28)/b22-14?,25-15+. The van der Waals surface area contributed by atoms with Crippen LogP contribution in [0.15, 0.2) is 52.5 Å². The maximum absolute atomic E-state index is 13.1. The van der Waals surface area contributed by atoms with Gasteiger partial charge in [0.05, 0.1) is 5.69 Å². The number of alkyl halides is 3. The van der Waals surface area contributed by atoms with Crippen molar-refractivity contribution in [3.05, 3.63) is 58.0 Å². The van der Waals surface area contributed by atoms with Crippen molar-refractivity contribution < 1.29 is 18.0 Å². The van der Waals surface area contributed by atoms with E-state index < -0.39 is 23.5 Å². The fraction of sp³-hybridized carbons (Fsp3) is 0.176. The van der Waals surface area contributed by atoms with Crippen molar-refractivity contribution in [3.63, 3.8) is 0 Å². The number of halogens is 4. The number of carbonyl (C=O) groups is 1. The topological polar surface area (TPSA) is 99.3 Å². The SMILES string of the molecule is CCNC(=O)C(=N)/C(=N\Nc1ccc(-n2ccc(Cl)cc2=O)cc1)C(F)(F)F. The number of hydrogen-bond acceptors (Lipinski definition) is 5. The summed E-state index contributed by atoms with van der Waals surface area (Å²) in [5.41, 5.74) is -0.536. The summed E-state index contributed by atoms with van der Waals surface area (Å²) in [7, 11) is 0. The van der Waals surface area contributed by atoms with Gasteiger partial charge >= 0.3 is 6.18 Å². The number of aromatic nitrogens is 1. The molecular formula is C17H15ClF3N5O2. The van der Waals surface area contributed by atoms with Crippen LogP contribution in [0.5, 0.6) is 0 Å². The van der Waals surface area contributed by atoms with Crippen molar-refractivity contribution in [2.45, 2.75) is 13.1 Å². The van der Waals surface area contributed by atoms with Gasteiger partial charge in [-0.15, -0.1) is 0 Å². The van der Waals surface area contributed by atoms with Crippen LogP contribution < -0.4 is 16.3 Å². The van der Waals surface area contributed by atoms with Gasteiger partial charge in [0.2, 0.25) is 0 Å². The summed E-state index contributed by atoms with van der Waals surface area (Å²) < 4.78 is 40.6. The zero-order valence-corrected chi connectivity index (χ0v) is 15.2. The van der Waals surface area contributed by atoms with Gasteiger partial charge in [-0.05, 0) is 37.3 Å². The Kier molecular flexibility index (Phi) is 6.57. The molecule has 11 heteroatoms. The average Bonchev–Trinajstić information content (AvgIpc) is 2.61. The van der Waals surface area contributed by atoms with Gasteiger partial charge in [0.1, 0.15) is 0 Å². The molecule has 0 saturated heterocycles. The molecule has 1 aromatic heterocycles. The molecule has 0 fully saturated rings. The molecule has 0 aliphatic rings. The molecule has 0 unspecified atom stereocenters. The predicted octanol–water partition coefficient (Wildman–Crippen LogP) is 2.98. The molecule has 0 aliphatic heterocycles. The van der Waals surface area contributed by atoms with Crippen LogP contribution in [0, 0.1) is 5.41 Å². The monoisotopic (exact) mass is 413 g/mol. The first-order valence-corrected chi connectivity index (χ1v) is 8.28. The van der Waals surface area contributed by atoms with Gasteiger partial charge < -0.3 is 5.32 Å². The molecule has 7 nitrogen and oxygen atoms in total. The first-order valence-electron chi connectivity index (χ1n) is 7.90. The van der Waals surface area contributed by atoms with Gasteiger partial charge in [-0.2, -0.15) is 18.3 Å². The number of nitrogens with zero attached hydrogens (tertiary/aromatic N) is 2. The Hall–Kier alpha value is -3.14. The highest BCUT2D eigenvalue weighted by Crippen LogP contribution is 2.19. The molecule has 0 radical (unpaired) electrons.